The molecule has 0 atom stereocenters. The zero-order chi connectivity index (χ0) is 23.3. The van der Waals surface area contributed by atoms with E-state index >= 15 is 0 Å². The Kier molecular flexibility index (Phi) is 6.64. The van der Waals surface area contributed by atoms with Crippen LogP contribution >= 0.6 is 0 Å². The summed E-state index contributed by atoms with van der Waals surface area (Å²) in [6.07, 6.45) is -4.83. The topological polar surface area (TPSA) is 81.4 Å². The van der Waals surface area contributed by atoms with Crippen LogP contribution in [0.4, 0.5) is 13.2 Å². The highest BCUT2D eigenvalue weighted by atomic mass is 19.4. The van der Waals surface area contributed by atoms with Crippen LogP contribution in [0.2, 0.25) is 0 Å². The number of carbonyl (C=O) groups is 1. The van der Waals surface area contributed by atoms with Gasteiger partial charge in [0.15, 0.2) is 12.4 Å². The number of nitrogens with zero attached hydrogens (tertiary/aromatic N) is 2. The van der Waals surface area contributed by atoms with Crippen LogP contribution in [0.1, 0.15) is 21.5 Å². The number of hydrogen-bond acceptors (Lipinski definition) is 6. The van der Waals surface area contributed by atoms with Crippen LogP contribution < -0.4 is 14.2 Å². The van der Waals surface area contributed by atoms with Gasteiger partial charge in [0.1, 0.15) is 23.1 Å². The van der Waals surface area contributed by atoms with Crippen molar-refractivity contribution in [2.45, 2.75) is 6.18 Å². The van der Waals surface area contributed by atoms with E-state index in [9.17, 15) is 23.2 Å². The quantitative estimate of drug-likeness (QED) is 0.483. The van der Waals surface area contributed by atoms with E-state index in [0.717, 1.165) is 6.07 Å². The van der Waals surface area contributed by atoms with E-state index in [2.05, 4.69) is 4.98 Å². The fourth-order valence-corrected chi connectivity index (χ4v) is 2.86. The van der Waals surface area contributed by atoms with E-state index in [1.165, 1.54) is 44.6 Å². The van der Waals surface area contributed by atoms with Gasteiger partial charge in [0, 0.05) is 11.1 Å². The molecule has 0 spiro atoms. The number of carbonyl (C=O) groups excluding carboxylic acids is 1. The zero-order valence-corrected chi connectivity index (χ0v) is 17.1. The number of rotatable bonds is 7. The summed E-state index contributed by atoms with van der Waals surface area (Å²) in [4.78, 5) is 16.5. The lowest BCUT2D eigenvalue weighted by Crippen LogP contribution is -2.16. The standard InChI is InChI=1S/C23H17F3N2O4/c1-30-16-7-3-14(4-8-16)20-11-19(23(24,25)26)18(12-27)22(28-20)32-13-21(29)15-5-9-17(31-2)10-6-15/h3-11H,13H2,1-2H3. The van der Waals surface area contributed by atoms with Crippen molar-refractivity contribution in [2.24, 2.45) is 0 Å². The molecule has 1 heterocycles. The van der Waals surface area contributed by atoms with Crippen LogP contribution in [0.3, 0.4) is 0 Å². The first-order valence-corrected chi connectivity index (χ1v) is 9.23. The Balaban J connectivity index is 1.97. The van der Waals surface area contributed by atoms with Crippen LogP contribution in [-0.4, -0.2) is 31.6 Å². The van der Waals surface area contributed by atoms with Crippen molar-refractivity contribution in [3.05, 3.63) is 71.3 Å². The fourth-order valence-electron chi connectivity index (χ4n) is 2.86. The van der Waals surface area contributed by atoms with Crippen molar-refractivity contribution in [1.82, 2.24) is 4.98 Å². The van der Waals surface area contributed by atoms with Gasteiger partial charge in [-0.25, -0.2) is 4.98 Å². The monoisotopic (exact) mass is 442 g/mol. The first-order chi connectivity index (χ1) is 15.3. The molecule has 0 radical (unpaired) electrons. The molecule has 3 rings (SSSR count). The highest BCUT2D eigenvalue weighted by molar-refractivity contribution is 5.97. The van der Waals surface area contributed by atoms with Crippen molar-refractivity contribution in [1.29, 1.82) is 5.26 Å². The lowest BCUT2D eigenvalue weighted by Gasteiger charge is -2.15. The average molecular weight is 442 g/mol. The first kappa shape index (κ1) is 22.6. The Bertz CT molecular complexity index is 1150. The molecule has 6 nitrogen and oxygen atoms in total. The largest absolute Gasteiger partial charge is 0.497 e. The summed E-state index contributed by atoms with van der Waals surface area (Å²) in [6, 6.07) is 14.6. The maximum absolute atomic E-state index is 13.6. The van der Waals surface area contributed by atoms with Gasteiger partial charge >= 0.3 is 6.18 Å². The number of pyridine rings is 1. The summed E-state index contributed by atoms with van der Waals surface area (Å²) >= 11 is 0. The highest BCUT2D eigenvalue weighted by Crippen LogP contribution is 2.37. The summed E-state index contributed by atoms with van der Waals surface area (Å²) in [5.74, 6) is -0.0188. The number of nitriles is 1. The zero-order valence-electron chi connectivity index (χ0n) is 17.1. The van der Waals surface area contributed by atoms with Crippen molar-refractivity contribution < 1.29 is 32.2 Å². The molecule has 0 aliphatic heterocycles. The van der Waals surface area contributed by atoms with E-state index in [-0.39, 0.29) is 11.3 Å². The number of ketones is 1. The minimum atomic E-state index is -4.83. The molecule has 0 unspecified atom stereocenters. The third-order valence-corrected chi connectivity index (χ3v) is 4.54. The number of halogens is 3. The molecular weight excluding hydrogens is 425 g/mol. The molecule has 2 aromatic carbocycles. The maximum Gasteiger partial charge on any atom is 0.417 e. The Morgan fingerprint density at radius 3 is 2.06 bits per heavy atom. The van der Waals surface area contributed by atoms with Gasteiger partial charge in [0.2, 0.25) is 5.88 Å². The Morgan fingerprint density at radius 2 is 1.56 bits per heavy atom. The second kappa shape index (κ2) is 9.39. The minimum Gasteiger partial charge on any atom is -0.497 e. The highest BCUT2D eigenvalue weighted by Gasteiger charge is 2.36. The predicted octanol–water partition coefficient (Wildman–Crippen LogP) is 4.92. The third kappa shape index (κ3) is 4.98. The van der Waals surface area contributed by atoms with Crippen LogP contribution in [0, 0.1) is 11.3 Å². The van der Waals surface area contributed by atoms with Crippen LogP contribution in [0.25, 0.3) is 11.3 Å². The van der Waals surface area contributed by atoms with Gasteiger partial charge in [-0.05, 0) is 54.6 Å². The number of aromatic nitrogens is 1. The molecule has 0 aliphatic rings. The lowest BCUT2D eigenvalue weighted by atomic mass is 10.0. The summed E-state index contributed by atoms with van der Waals surface area (Å²) in [7, 11) is 2.94. The van der Waals surface area contributed by atoms with Crippen LogP contribution in [0.5, 0.6) is 17.4 Å². The molecule has 3 aromatic rings. The van der Waals surface area contributed by atoms with Gasteiger partial charge in [-0.3, -0.25) is 4.79 Å². The summed E-state index contributed by atoms with van der Waals surface area (Å²) in [6.45, 7) is -0.600. The fraction of sp³-hybridized carbons (Fsp3) is 0.174. The predicted molar refractivity (Wildman–Crippen MR) is 109 cm³/mol. The van der Waals surface area contributed by atoms with Gasteiger partial charge in [-0.2, -0.15) is 18.4 Å². The van der Waals surface area contributed by atoms with Crippen LogP contribution in [0.15, 0.2) is 54.6 Å². The number of benzene rings is 2. The van der Waals surface area contributed by atoms with E-state index in [1.807, 2.05) is 0 Å². The molecular formula is C23H17F3N2O4. The summed E-state index contributed by atoms with van der Waals surface area (Å²) < 4.78 is 56.3. The second-order valence-electron chi connectivity index (χ2n) is 6.51. The number of Topliss-reactive ketones (excluding diaryl/α,β-unsaturated/α-hetero) is 1. The molecule has 9 heteroatoms. The Hall–Kier alpha value is -4.06. The summed E-state index contributed by atoms with van der Waals surface area (Å²) in [5.41, 5.74) is -1.44. The molecule has 164 valence electrons. The molecule has 0 saturated carbocycles. The van der Waals surface area contributed by atoms with Crippen molar-refractivity contribution in [2.75, 3.05) is 20.8 Å². The first-order valence-electron chi connectivity index (χ1n) is 9.23. The molecule has 0 fully saturated rings. The normalized spacial score (nSPS) is 10.9. The van der Waals surface area contributed by atoms with Gasteiger partial charge in [-0.1, -0.05) is 0 Å². The van der Waals surface area contributed by atoms with Crippen LogP contribution in [-0.2, 0) is 6.18 Å². The molecule has 0 amide bonds. The average Bonchev–Trinajstić information content (AvgIpc) is 2.81. The molecule has 0 N–H and O–H groups in total. The SMILES string of the molecule is COc1ccc(C(=O)COc2nc(-c3ccc(OC)cc3)cc(C(F)(F)F)c2C#N)cc1. The second-order valence-corrected chi connectivity index (χ2v) is 6.51. The summed E-state index contributed by atoms with van der Waals surface area (Å²) in [5, 5.41) is 9.35. The number of hydrogen-bond donors (Lipinski definition) is 0. The van der Waals surface area contributed by atoms with E-state index in [0.29, 0.717) is 17.1 Å². The van der Waals surface area contributed by atoms with Gasteiger partial charge < -0.3 is 14.2 Å². The number of alkyl halides is 3. The maximum atomic E-state index is 13.6. The lowest BCUT2D eigenvalue weighted by molar-refractivity contribution is -0.137. The van der Waals surface area contributed by atoms with E-state index in [4.69, 9.17) is 14.2 Å². The molecule has 32 heavy (non-hydrogen) atoms. The Morgan fingerprint density at radius 1 is 1.00 bits per heavy atom. The Labute approximate surface area is 181 Å². The van der Waals surface area contributed by atoms with E-state index < -0.39 is 35.6 Å². The van der Waals surface area contributed by atoms with E-state index in [1.54, 1.807) is 24.3 Å². The molecule has 0 bridgehead atoms. The smallest absolute Gasteiger partial charge is 0.417 e. The third-order valence-electron chi connectivity index (χ3n) is 4.54. The van der Waals surface area contributed by atoms with Gasteiger partial charge in [0.05, 0.1) is 25.5 Å². The van der Waals surface area contributed by atoms with Crippen molar-refractivity contribution in [3.8, 4) is 34.7 Å². The molecule has 0 aliphatic carbocycles. The van der Waals surface area contributed by atoms with Crippen molar-refractivity contribution in [3.63, 3.8) is 0 Å². The molecule has 1 aromatic heterocycles. The molecule has 0 saturated heterocycles. The number of ether oxygens (including phenoxy) is 3. The number of methoxy groups -OCH3 is 2. The van der Waals surface area contributed by atoms with Crippen molar-refractivity contribution >= 4 is 5.78 Å². The van der Waals surface area contributed by atoms with Gasteiger partial charge in [-0.15, -0.1) is 0 Å². The van der Waals surface area contributed by atoms with Gasteiger partial charge in [0.25, 0.3) is 0 Å². The minimum absolute atomic E-state index is 0.0640.